The van der Waals surface area contributed by atoms with E-state index in [9.17, 15) is 4.79 Å². The van der Waals surface area contributed by atoms with Crippen molar-refractivity contribution in [3.63, 3.8) is 0 Å². The SMILES string of the molecule is C=CCn1cnc2c1C1(CCO1)NC(=O)N2. The molecule has 0 saturated carbocycles. The van der Waals surface area contributed by atoms with Crippen molar-refractivity contribution in [1.82, 2.24) is 14.9 Å². The van der Waals surface area contributed by atoms with Gasteiger partial charge in [-0.2, -0.15) is 0 Å². The number of carbonyl (C=O) groups is 1. The van der Waals surface area contributed by atoms with Gasteiger partial charge in [0.2, 0.25) is 0 Å². The predicted molar refractivity (Wildman–Crippen MR) is 56.8 cm³/mol. The Morgan fingerprint density at radius 2 is 2.56 bits per heavy atom. The van der Waals surface area contributed by atoms with Crippen LogP contribution in [0.25, 0.3) is 0 Å². The van der Waals surface area contributed by atoms with Crippen molar-refractivity contribution in [2.45, 2.75) is 18.7 Å². The highest BCUT2D eigenvalue weighted by atomic mass is 16.5. The van der Waals surface area contributed by atoms with Crippen molar-refractivity contribution in [2.75, 3.05) is 11.9 Å². The highest BCUT2D eigenvalue weighted by Crippen LogP contribution is 2.40. The maximum absolute atomic E-state index is 11.4. The molecule has 6 heteroatoms. The summed E-state index contributed by atoms with van der Waals surface area (Å²) >= 11 is 0. The van der Waals surface area contributed by atoms with Gasteiger partial charge in [-0.25, -0.2) is 9.78 Å². The minimum atomic E-state index is -0.683. The summed E-state index contributed by atoms with van der Waals surface area (Å²) in [4.78, 5) is 15.6. The summed E-state index contributed by atoms with van der Waals surface area (Å²) in [7, 11) is 0. The van der Waals surface area contributed by atoms with Gasteiger partial charge in [0, 0.05) is 13.0 Å². The zero-order chi connectivity index (χ0) is 11.2. The maximum atomic E-state index is 11.4. The standard InChI is InChI=1S/C10H12N4O2/c1-2-4-14-6-11-8-7(14)10(3-5-16-10)13-9(15)12-8/h2,6H,1,3-5H2,(H2,12,13,15). The first-order chi connectivity index (χ1) is 7.75. The van der Waals surface area contributed by atoms with E-state index in [4.69, 9.17) is 4.74 Å². The number of nitrogens with one attached hydrogen (secondary N) is 2. The highest BCUT2D eigenvalue weighted by molar-refractivity contribution is 5.92. The van der Waals surface area contributed by atoms with Crippen LogP contribution in [0.3, 0.4) is 0 Å². The molecule has 2 N–H and O–H groups in total. The molecule has 1 spiro atoms. The van der Waals surface area contributed by atoms with Gasteiger partial charge in [-0.3, -0.25) is 5.32 Å². The lowest BCUT2D eigenvalue weighted by atomic mass is 9.99. The van der Waals surface area contributed by atoms with Crippen molar-refractivity contribution >= 4 is 11.8 Å². The lowest BCUT2D eigenvalue weighted by Gasteiger charge is -2.44. The number of aromatic nitrogens is 2. The third kappa shape index (κ3) is 1.10. The van der Waals surface area contributed by atoms with Gasteiger partial charge in [-0.15, -0.1) is 6.58 Å². The first-order valence-electron chi connectivity index (χ1n) is 5.15. The van der Waals surface area contributed by atoms with Gasteiger partial charge in [0.25, 0.3) is 0 Å². The van der Waals surface area contributed by atoms with Crippen molar-refractivity contribution in [1.29, 1.82) is 0 Å². The van der Waals surface area contributed by atoms with Crippen molar-refractivity contribution in [3.8, 4) is 0 Å². The van der Waals surface area contributed by atoms with Gasteiger partial charge in [0.15, 0.2) is 11.5 Å². The number of anilines is 1. The third-order valence-corrected chi connectivity index (χ3v) is 2.90. The summed E-state index contributed by atoms with van der Waals surface area (Å²) in [5, 5.41) is 5.47. The van der Waals surface area contributed by atoms with Crippen LogP contribution in [0.5, 0.6) is 0 Å². The van der Waals surface area contributed by atoms with E-state index in [1.54, 1.807) is 12.4 Å². The van der Waals surface area contributed by atoms with Crippen LogP contribution in [0.2, 0.25) is 0 Å². The van der Waals surface area contributed by atoms with Crippen LogP contribution in [0.15, 0.2) is 19.0 Å². The fraction of sp³-hybridized carbons (Fsp3) is 0.400. The number of carbonyl (C=O) groups excluding carboxylic acids is 1. The van der Waals surface area contributed by atoms with Crippen LogP contribution in [0.1, 0.15) is 12.1 Å². The molecule has 2 aliphatic heterocycles. The molecule has 3 rings (SSSR count). The Balaban J connectivity index is 2.10. The van der Waals surface area contributed by atoms with E-state index >= 15 is 0 Å². The van der Waals surface area contributed by atoms with Crippen LogP contribution in [0.4, 0.5) is 10.6 Å². The number of rotatable bonds is 2. The maximum Gasteiger partial charge on any atom is 0.322 e. The predicted octanol–water partition coefficient (Wildman–Crippen LogP) is 0.777. The summed E-state index contributed by atoms with van der Waals surface area (Å²) in [5.41, 5.74) is 0.190. The average molecular weight is 220 g/mol. The molecule has 2 amide bonds. The lowest BCUT2D eigenvalue weighted by Crippen LogP contribution is -2.59. The summed E-state index contributed by atoms with van der Waals surface area (Å²) in [6, 6.07) is -0.268. The lowest BCUT2D eigenvalue weighted by molar-refractivity contribution is -0.171. The van der Waals surface area contributed by atoms with Crippen molar-refractivity contribution < 1.29 is 9.53 Å². The van der Waals surface area contributed by atoms with Gasteiger partial charge in [0.1, 0.15) is 5.69 Å². The number of amides is 2. The number of nitrogens with zero attached hydrogens (tertiary/aromatic N) is 2. The van der Waals surface area contributed by atoms with Crippen molar-refractivity contribution in [3.05, 3.63) is 24.7 Å². The number of hydrogen-bond donors (Lipinski definition) is 2. The Kier molecular flexibility index (Phi) is 1.81. The molecule has 1 aromatic heterocycles. The number of imidazole rings is 1. The fourth-order valence-electron chi connectivity index (χ4n) is 2.15. The Labute approximate surface area is 92.3 Å². The molecule has 1 unspecified atom stereocenters. The smallest absolute Gasteiger partial charge is 0.322 e. The molecule has 6 nitrogen and oxygen atoms in total. The summed E-state index contributed by atoms with van der Waals surface area (Å²) in [6.07, 6.45) is 4.24. The van der Waals surface area contributed by atoms with Gasteiger partial charge in [0.05, 0.1) is 12.9 Å². The van der Waals surface area contributed by atoms with Crippen LogP contribution >= 0.6 is 0 Å². The Hall–Kier alpha value is -1.82. The van der Waals surface area contributed by atoms with Gasteiger partial charge in [-0.05, 0) is 0 Å². The van der Waals surface area contributed by atoms with Gasteiger partial charge < -0.3 is 14.6 Å². The third-order valence-electron chi connectivity index (χ3n) is 2.90. The number of ether oxygens (including phenoxy) is 1. The largest absolute Gasteiger partial charge is 0.349 e. The topological polar surface area (TPSA) is 68.2 Å². The molecule has 1 atom stereocenters. The molecule has 1 saturated heterocycles. The van der Waals surface area contributed by atoms with E-state index in [1.807, 2.05) is 4.57 Å². The first kappa shape index (κ1) is 9.41. The molecule has 16 heavy (non-hydrogen) atoms. The first-order valence-corrected chi connectivity index (χ1v) is 5.15. The van der Waals surface area contributed by atoms with E-state index in [0.29, 0.717) is 19.0 Å². The van der Waals surface area contributed by atoms with E-state index in [1.165, 1.54) is 0 Å². The minimum absolute atomic E-state index is 0.268. The van der Waals surface area contributed by atoms with Gasteiger partial charge in [-0.1, -0.05) is 6.08 Å². The number of fused-ring (bicyclic) bond motifs is 2. The molecule has 0 aromatic carbocycles. The molecule has 2 aliphatic rings. The molecule has 3 heterocycles. The zero-order valence-corrected chi connectivity index (χ0v) is 8.69. The molecule has 1 aromatic rings. The Morgan fingerprint density at radius 3 is 3.19 bits per heavy atom. The van der Waals surface area contributed by atoms with Gasteiger partial charge >= 0.3 is 6.03 Å². The average Bonchev–Trinajstić information content (AvgIpc) is 2.58. The summed E-state index contributed by atoms with van der Waals surface area (Å²) < 4.78 is 7.46. The molecule has 0 bridgehead atoms. The molecular weight excluding hydrogens is 208 g/mol. The van der Waals surface area contributed by atoms with Crippen LogP contribution in [-0.2, 0) is 17.0 Å². The molecule has 0 radical (unpaired) electrons. The molecular formula is C10H12N4O2. The number of allylic oxidation sites excluding steroid dienone is 1. The minimum Gasteiger partial charge on any atom is -0.349 e. The van der Waals surface area contributed by atoms with Crippen LogP contribution in [-0.4, -0.2) is 22.2 Å². The number of urea groups is 1. The second-order valence-electron chi connectivity index (χ2n) is 3.89. The second kappa shape index (κ2) is 3.08. The van der Waals surface area contributed by atoms with E-state index in [-0.39, 0.29) is 6.03 Å². The van der Waals surface area contributed by atoms with E-state index in [0.717, 1.165) is 12.1 Å². The van der Waals surface area contributed by atoms with E-state index < -0.39 is 5.72 Å². The fourth-order valence-corrected chi connectivity index (χ4v) is 2.15. The zero-order valence-electron chi connectivity index (χ0n) is 8.69. The normalized spacial score (nSPS) is 26.6. The molecule has 84 valence electrons. The summed E-state index contributed by atoms with van der Waals surface area (Å²) in [5.74, 6) is 0.574. The Morgan fingerprint density at radius 1 is 1.75 bits per heavy atom. The molecule has 0 aliphatic carbocycles. The van der Waals surface area contributed by atoms with Crippen molar-refractivity contribution in [2.24, 2.45) is 0 Å². The van der Waals surface area contributed by atoms with E-state index in [2.05, 4.69) is 22.2 Å². The van der Waals surface area contributed by atoms with Crippen LogP contribution in [0, 0.1) is 0 Å². The Bertz CT molecular complexity index is 448. The monoisotopic (exact) mass is 220 g/mol. The molecule has 1 fully saturated rings. The van der Waals surface area contributed by atoms with Crippen LogP contribution < -0.4 is 10.6 Å². The number of hydrogen-bond acceptors (Lipinski definition) is 3. The highest BCUT2D eigenvalue weighted by Gasteiger charge is 2.49. The quantitative estimate of drug-likeness (QED) is 0.723. The summed E-state index contributed by atoms with van der Waals surface area (Å²) in [6.45, 7) is 4.99. The second-order valence-corrected chi connectivity index (χ2v) is 3.89.